The Hall–Kier alpha value is -1.56. The summed E-state index contributed by atoms with van der Waals surface area (Å²) in [5.41, 5.74) is 0.993. The third kappa shape index (κ3) is 5.23. The zero-order valence-electron chi connectivity index (χ0n) is 14.5. The summed E-state index contributed by atoms with van der Waals surface area (Å²) in [4.78, 5) is 14.3. The highest BCUT2D eigenvalue weighted by atomic mass is 32.2. The third-order valence-corrected chi connectivity index (χ3v) is 6.05. The van der Waals surface area contributed by atoms with Crippen LogP contribution in [-0.4, -0.2) is 43.4 Å². The minimum atomic E-state index is -3.01. The normalized spacial score (nSPS) is 19.2. The summed E-state index contributed by atoms with van der Waals surface area (Å²) < 4.78 is 29.0. The molecule has 0 N–H and O–H groups in total. The van der Waals surface area contributed by atoms with Gasteiger partial charge in [-0.1, -0.05) is 25.5 Å². The van der Waals surface area contributed by atoms with Crippen LogP contribution < -0.4 is 4.74 Å². The van der Waals surface area contributed by atoms with Crippen LogP contribution in [0.25, 0.3) is 0 Å². The van der Waals surface area contributed by atoms with Crippen LogP contribution in [0.5, 0.6) is 5.75 Å². The number of benzene rings is 1. The summed E-state index contributed by atoms with van der Waals surface area (Å²) in [5, 5.41) is 0. The molecule has 2 rings (SSSR count). The maximum atomic E-state index is 12.6. The monoisotopic (exact) mass is 353 g/mol. The topological polar surface area (TPSA) is 63.7 Å². The van der Waals surface area contributed by atoms with Crippen LogP contribution in [0, 0.1) is 0 Å². The van der Waals surface area contributed by atoms with Gasteiger partial charge in [0.05, 0.1) is 18.1 Å². The van der Waals surface area contributed by atoms with Crippen LogP contribution in [0.3, 0.4) is 0 Å². The molecular formula is C18H27NO4S. The minimum absolute atomic E-state index is 0.0489. The molecule has 0 bridgehead atoms. The fourth-order valence-corrected chi connectivity index (χ4v) is 4.70. The fraction of sp³-hybridized carbons (Fsp3) is 0.611. The predicted molar refractivity (Wildman–Crippen MR) is 94.7 cm³/mol. The minimum Gasteiger partial charge on any atom is -0.494 e. The lowest BCUT2D eigenvalue weighted by molar-refractivity contribution is -0.133. The molecule has 0 saturated carbocycles. The van der Waals surface area contributed by atoms with Crippen LogP contribution in [0.4, 0.5) is 0 Å². The Morgan fingerprint density at radius 3 is 2.50 bits per heavy atom. The summed E-state index contributed by atoms with van der Waals surface area (Å²) in [5.74, 6) is 1.11. The highest BCUT2D eigenvalue weighted by Crippen LogP contribution is 2.22. The van der Waals surface area contributed by atoms with Crippen molar-refractivity contribution >= 4 is 15.7 Å². The highest BCUT2D eigenvalue weighted by Gasteiger charge is 2.34. The number of carbonyl (C=O) groups is 1. The van der Waals surface area contributed by atoms with Crippen molar-refractivity contribution in [3.05, 3.63) is 29.8 Å². The maximum absolute atomic E-state index is 12.6. The summed E-state index contributed by atoms with van der Waals surface area (Å²) in [6.45, 7) is 5.04. The van der Waals surface area contributed by atoms with Crippen LogP contribution in [-0.2, 0) is 21.2 Å². The summed E-state index contributed by atoms with van der Waals surface area (Å²) >= 11 is 0. The Bertz CT molecular complexity index is 639. The van der Waals surface area contributed by atoms with Gasteiger partial charge in [0.15, 0.2) is 9.84 Å². The van der Waals surface area contributed by atoms with Gasteiger partial charge < -0.3 is 9.64 Å². The first-order valence-electron chi connectivity index (χ1n) is 8.66. The van der Waals surface area contributed by atoms with Crippen molar-refractivity contribution in [2.75, 3.05) is 18.1 Å². The molecule has 0 unspecified atom stereocenters. The van der Waals surface area contributed by atoms with Crippen molar-refractivity contribution in [3.8, 4) is 5.75 Å². The van der Waals surface area contributed by atoms with Gasteiger partial charge in [0.1, 0.15) is 5.75 Å². The fourth-order valence-electron chi connectivity index (χ4n) is 2.97. The van der Waals surface area contributed by atoms with Gasteiger partial charge in [-0.3, -0.25) is 4.79 Å². The van der Waals surface area contributed by atoms with E-state index in [1.54, 1.807) is 4.90 Å². The van der Waals surface area contributed by atoms with E-state index in [-0.39, 0.29) is 23.5 Å². The standard InChI is InChI=1S/C18H27NO4S/c1-3-5-6-18(20)19(16-11-12-24(21,22)14-16)13-15-7-9-17(10-8-15)23-4-2/h7-10,16H,3-6,11-14H2,1-2H3/t16-/m1/s1. The first-order chi connectivity index (χ1) is 11.4. The number of unbranched alkanes of at least 4 members (excludes halogenated alkanes) is 1. The second-order valence-electron chi connectivity index (χ2n) is 6.26. The van der Waals surface area contributed by atoms with Crippen LogP contribution in [0.15, 0.2) is 24.3 Å². The van der Waals surface area contributed by atoms with Gasteiger partial charge >= 0.3 is 0 Å². The summed E-state index contributed by atoms with van der Waals surface area (Å²) in [6.07, 6.45) is 2.80. The van der Waals surface area contributed by atoms with E-state index in [2.05, 4.69) is 0 Å². The Balaban J connectivity index is 2.11. The lowest BCUT2D eigenvalue weighted by Crippen LogP contribution is -2.40. The highest BCUT2D eigenvalue weighted by molar-refractivity contribution is 7.91. The van der Waals surface area contributed by atoms with Crippen molar-refractivity contribution in [2.24, 2.45) is 0 Å². The quantitative estimate of drug-likeness (QED) is 0.721. The molecule has 24 heavy (non-hydrogen) atoms. The molecule has 1 aromatic rings. The first-order valence-corrected chi connectivity index (χ1v) is 10.5. The maximum Gasteiger partial charge on any atom is 0.223 e. The molecule has 1 heterocycles. The Kier molecular flexibility index (Phi) is 6.66. The number of rotatable bonds is 8. The molecule has 5 nitrogen and oxygen atoms in total. The summed E-state index contributed by atoms with van der Waals surface area (Å²) in [7, 11) is -3.01. The molecule has 1 aliphatic rings. The van der Waals surface area contributed by atoms with Gasteiger partial charge in [-0.15, -0.1) is 0 Å². The van der Waals surface area contributed by atoms with E-state index < -0.39 is 9.84 Å². The van der Waals surface area contributed by atoms with Crippen LogP contribution in [0.1, 0.15) is 45.1 Å². The average Bonchev–Trinajstić information content (AvgIpc) is 2.92. The molecule has 0 aliphatic carbocycles. The van der Waals surface area contributed by atoms with E-state index in [0.29, 0.717) is 26.0 Å². The number of amides is 1. The van der Waals surface area contributed by atoms with Gasteiger partial charge in [-0.2, -0.15) is 0 Å². The first kappa shape index (κ1) is 18.8. The SMILES string of the molecule is CCCCC(=O)N(Cc1ccc(OCC)cc1)[C@@H]1CCS(=O)(=O)C1. The van der Waals surface area contributed by atoms with Crippen molar-refractivity contribution in [3.63, 3.8) is 0 Å². The zero-order chi connectivity index (χ0) is 17.6. The molecule has 1 aromatic carbocycles. The van der Waals surface area contributed by atoms with E-state index in [1.165, 1.54) is 0 Å². The number of hydrogen-bond donors (Lipinski definition) is 0. The third-order valence-electron chi connectivity index (χ3n) is 4.30. The van der Waals surface area contributed by atoms with Gasteiger partial charge in [-0.05, 0) is 37.5 Å². The van der Waals surface area contributed by atoms with E-state index >= 15 is 0 Å². The molecule has 1 saturated heterocycles. The van der Waals surface area contributed by atoms with E-state index in [0.717, 1.165) is 24.2 Å². The van der Waals surface area contributed by atoms with Gasteiger partial charge in [-0.25, -0.2) is 8.42 Å². The molecule has 1 aliphatic heterocycles. The second kappa shape index (κ2) is 8.51. The number of carbonyl (C=O) groups excluding carboxylic acids is 1. The number of nitrogens with zero attached hydrogens (tertiary/aromatic N) is 1. The molecule has 134 valence electrons. The van der Waals surface area contributed by atoms with Gasteiger partial charge in [0, 0.05) is 19.0 Å². The lowest BCUT2D eigenvalue weighted by Gasteiger charge is -2.28. The largest absolute Gasteiger partial charge is 0.494 e. The number of hydrogen-bond acceptors (Lipinski definition) is 4. The Morgan fingerprint density at radius 2 is 1.96 bits per heavy atom. The molecule has 1 amide bonds. The molecule has 1 fully saturated rings. The number of ether oxygens (including phenoxy) is 1. The van der Waals surface area contributed by atoms with Crippen LogP contribution in [0.2, 0.25) is 0 Å². The van der Waals surface area contributed by atoms with E-state index in [9.17, 15) is 13.2 Å². The zero-order valence-corrected chi connectivity index (χ0v) is 15.3. The molecule has 0 radical (unpaired) electrons. The van der Waals surface area contributed by atoms with E-state index in [4.69, 9.17) is 4.74 Å². The molecule has 6 heteroatoms. The van der Waals surface area contributed by atoms with E-state index in [1.807, 2.05) is 38.1 Å². The van der Waals surface area contributed by atoms with Crippen molar-refractivity contribution in [1.82, 2.24) is 4.90 Å². The molecule has 0 spiro atoms. The average molecular weight is 353 g/mol. The molecular weight excluding hydrogens is 326 g/mol. The predicted octanol–water partition coefficient (Wildman–Crippen LogP) is 2.79. The van der Waals surface area contributed by atoms with Gasteiger partial charge in [0.2, 0.25) is 5.91 Å². The molecule has 1 atom stereocenters. The van der Waals surface area contributed by atoms with Crippen molar-refractivity contribution in [1.29, 1.82) is 0 Å². The Morgan fingerprint density at radius 1 is 1.25 bits per heavy atom. The van der Waals surface area contributed by atoms with Crippen molar-refractivity contribution < 1.29 is 17.9 Å². The summed E-state index contributed by atoms with van der Waals surface area (Å²) in [6, 6.07) is 7.45. The smallest absolute Gasteiger partial charge is 0.223 e. The van der Waals surface area contributed by atoms with Crippen molar-refractivity contribution in [2.45, 2.75) is 52.1 Å². The number of sulfone groups is 1. The molecule has 0 aromatic heterocycles. The second-order valence-corrected chi connectivity index (χ2v) is 8.49. The van der Waals surface area contributed by atoms with Gasteiger partial charge in [0.25, 0.3) is 0 Å². The Labute approximate surface area is 144 Å². The lowest BCUT2D eigenvalue weighted by atomic mass is 10.1. The van der Waals surface area contributed by atoms with Crippen LogP contribution >= 0.6 is 0 Å².